The van der Waals surface area contributed by atoms with E-state index in [0.29, 0.717) is 0 Å². The number of aromatic nitrogens is 3. The van der Waals surface area contributed by atoms with Gasteiger partial charge >= 0.3 is 0 Å². The highest BCUT2D eigenvalue weighted by atomic mass is 32.1. The van der Waals surface area contributed by atoms with Gasteiger partial charge in [0.1, 0.15) is 5.69 Å². The Morgan fingerprint density at radius 2 is 2.14 bits per heavy atom. The summed E-state index contributed by atoms with van der Waals surface area (Å²) in [4.78, 5) is 6.82. The van der Waals surface area contributed by atoms with Crippen LogP contribution in [0.1, 0.15) is 19.8 Å². The number of hydrogen-bond acceptors (Lipinski definition) is 6. The van der Waals surface area contributed by atoms with Crippen molar-refractivity contribution in [1.82, 2.24) is 20.1 Å². The molecule has 6 heteroatoms. The summed E-state index contributed by atoms with van der Waals surface area (Å²) in [6.07, 6.45) is 4.42. The molecule has 3 heterocycles. The predicted octanol–water partition coefficient (Wildman–Crippen LogP) is 2.74. The lowest BCUT2D eigenvalue weighted by Crippen LogP contribution is -2.36. The lowest BCUT2D eigenvalue weighted by atomic mass is 9.99. The molecule has 2 aromatic heterocycles. The fraction of sp³-hybridized carbons (Fsp3) is 0.533. The summed E-state index contributed by atoms with van der Waals surface area (Å²) < 4.78 is 0. The predicted molar refractivity (Wildman–Crippen MR) is 86.5 cm³/mol. The molecule has 1 N–H and O–H groups in total. The Balaban J connectivity index is 1.47. The van der Waals surface area contributed by atoms with Crippen LogP contribution in [0.2, 0.25) is 0 Å². The van der Waals surface area contributed by atoms with E-state index in [1.165, 1.54) is 25.9 Å². The van der Waals surface area contributed by atoms with Gasteiger partial charge < -0.3 is 10.2 Å². The molecule has 1 aliphatic heterocycles. The second-order valence-corrected chi connectivity index (χ2v) is 6.56. The Morgan fingerprint density at radius 3 is 2.90 bits per heavy atom. The summed E-state index contributed by atoms with van der Waals surface area (Å²) in [5.41, 5.74) is 0.882. The van der Waals surface area contributed by atoms with Crippen LogP contribution in [-0.4, -0.2) is 46.3 Å². The van der Waals surface area contributed by atoms with Crippen LogP contribution in [0.4, 0.5) is 5.13 Å². The Hall–Kier alpha value is -1.53. The van der Waals surface area contributed by atoms with Crippen LogP contribution >= 0.6 is 11.3 Å². The number of nitrogens with zero attached hydrogens (tertiary/aromatic N) is 4. The molecule has 21 heavy (non-hydrogen) atoms. The Morgan fingerprint density at radius 1 is 1.29 bits per heavy atom. The molecular weight excluding hydrogens is 282 g/mol. The quantitative estimate of drug-likeness (QED) is 0.920. The molecule has 3 rings (SSSR count). The van der Waals surface area contributed by atoms with Crippen molar-refractivity contribution in [1.29, 1.82) is 0 Å². The van der Waals surface area contributed by atoms with Gasteiger partial charge in [0.25, 0.3) is 0 Å². The van der Waals surface area contributed by atoms with Crippen LogP contribution < -0.4 is 5.32 Å². The van der Waals surface area contributed by atoms with E-state index in [0.717, 1.165) is 34.8 Å². The van der Waals surface area contributed by atoms with Crippen molar-refractivity contribution in [2.75, 3.05) is 31.5 Å². The third-order valence-electron chi connectivity index (χ3n) is 3.89. The summed E-state index contributed by atoms with van der Waals surface area (Å²) in [7, 11) is 0. The number of anilines is 1. The fourth-order valence-electron chi connectivity index (χ4n) is 2.49. The van der Waals surface area contributed by atoms with Crippen LogP contribution in [0.15, 0.2) is 24.4 Å². The third kappa shape index (κ3) is 3.98. The van der Waals surface area contributed by atoms with E-state index in [4.69, 9.17) is 0 Å². The monoisotopic (exact) mass is 303 g/mol. The number of piperidine rings is 1. The second kappa shape index (κ2) is 6.95. The lowest BCUT2D eigenvalue weighted by Gasteiger charge is -2.29. The van der Waals surface area contributed by atoms with Crippen molar-refractivity contribution >= 4 is 16.5 Å². The molecule has 0 aliphatic carbocycles. The molecule has 0 radical (unpaired) electrons. The SMILES string of the molecule is CC1CCN(CCNc2nnc(-c3ccccn3)s2)CC1. The first-order valence-corrected chi connectivity index (χ1v) is 8.34. The molecule has 0 unspecified atom stereocenters. The maximum absolute atomic E-state index is 4.30. The third-order valence-corrected chi connectivity index (χ3v) is 4.79. The maximum atomic E-state index is 4.30. The minimum atomic E-state index is 0.866. The molecule has 0 atom stereocenters. The minimum absolute atomic E-state index is 0.866. The lowest BCUT2D eigenvalue weighted by molar-refractivity contribution is 0.199. The normalized spacial score (nSPS) is 17.0. The highest BCUT2D eigenvalue weighted by Gasteiger charge is 2.15. The van der Waals surface area contributed by atoms with Gasteiger partial charge in [-0.3, -0.25) is 4.98 Å². The van der Waals surface area contributed by atoms with Gasteiger partial charge in [0, 0.05) is 19.3 Å². The van der Waals surface area contributed by atoms with Gasteiger partial charge in [-0.2, -0.15) is 0 Å². The van der Waals surface area contributed by atoms with E-state index in [2.05, 4.69) is 32.3 Å². The number of hydrogen-bond donors (Lipinski definition) is 1. The second-order valence-electron chi connectivity index (χ2n) is 5.58. The molecule has 0 bridgehead atoms. The smallest absolute Gasteiger partial charge is 0.206 e. The summed E-state index contributed by atoms with van der Waals surface area (Å²) in [6.45, 7) is 6.78. The Labute approximate surface area is 129 Å². The highest BCUT2D eigenvalue weighted by Crippen LogP contribution is 2.24. The standard InChI is InChI=1S/C15H21N5S/c1-12-5-9-20(10-6-12)11-8-17-15-19-18-14(21-15)13-4-2-3-7-16-13/h2-4,7,12H,5-6,8-11H2,1H3,(H,17,19). The van der Waals surface area contributed by atoms with E-state index in [-0.39, 0.29) is 0 Å². The van der Waals surface area contributed by atoms with Crippen molar-refractivity contribution < 1.29 is 0 Å². The molecule has 1 aliphatic rings. The number of pyridine rings is 1. The Bertz CT molecular complexity index is 548. The molecule has 0 saturated carbocycles. The summed E-state index contributed by atoms with van der Waals surface area (Å²) in [6, 6.07) is 5.83. The van der Waals surface area contributed by atoms with Crippen molar-refractivity contribution in [2.45, 2.75) is 19.8 Å². The van der Waals surface area contributed by atoms with Crippen LogP contribution in [0, 0.1) is 5.92 Å². The molecule has 0 aromatic carbocycles. The van der Waals surface area contributed by atoms with Crippen molar-refractivity contribution in [2.24, 2.45) is 5.92 Å². The largest absolute Gasteiger partial charge is 0.359 e. The van der Waals surface area contributed by atoms with Crippen LogP contribution in [0.5, 0.6) is 0 Å². The average molecular weight is 303 g/mol. The van der Waals surface area contributed by atoms with E-state index in [1.54, 1.807) is 17.5 Å². The zero-order chi connectivity index (χ0) is 14.5. The molecule has 5 nitrogen and oxygen atoms in total. The topological polar surface area (TPSA) is 53.9 Å². The van der Waals surface area contributed by atoms with Crippen molar-refractivity contribution in [3.05, 3.63) is 24.4 Å². The zero-order valence-corrected chi connectivity index (χ0v) is 13.1. The van der Waals surface area contributed by atoms with Crippen molar-refractivity contribution in [3.63, 3.8) is 0 Å². The van der Waals surface area contributed by atoms with Gasteiger partial charge in [-0.05, 0) is 44.0 Å². The molecule has 0 amide bonds. The first-order valence-electron chi connectivity index (χ1n) is 7.52. The van der Waals surface area contributed by atoms with E-state index in [9.17, 15) is 0 Å². The molecule has 2 aromatic rings. The van der Waals surface area contributed by atoms with E-state index >= 15 is 0 Å². The van der Waals surface area contributed by atoms with Crippen molar-refractivity contribution in [3.8, 4) is 10.7 Å². The van der Waals surface area contributed by atoms with Gasteiger partial charge in [-0.1, -0.05) is 24.3 Å². The summed E-state index contributed by atoms with van der Waals surface area (Å²) >= 11 is 1.56. The number of nitrogens with one attached hydrogen (secondary N) is 1. The molecular formula is C15H21N5S. The van der Waals surface area contributed by atoms with Gasteiger partial charge in [-0.15, -0.1) is 10.2 Å². The van der Waals surface area contributed by atoms with Crippen LogP contribution in [-0.2, 0) is 0 Å². The highest BCUT2D eigenvalue weighted by molar-refractivity contribution is 7.18. The first-order chi connectivity index (χ1) is 10.3. The van der Waals surface area contributed by atoms with E-state index in [1.807, 2.05) is 18.2 Å². The van der Waals surface area contributed by atoms with Gasteiger partial charge in [0.05, 0.1) is 0 Å². The molecule has 112 valence electrons. The Kier molecular flexibility index (Phi) is 4.77. The number of likely N-dealkylation sites (tertiary alicyclic amines) is 1. The fourth-order valence-corrected chi connectivity index (χ4v) is 3.24. The summed E-state index contributed by atoms with van der Waals surface area (Å²) in [5, 5.41) is 13.5. The first kappa shape index (κ1) is 14.4. The van der Waals surface area contributed by atoms with E-state index < -0.39 is 0 Å². The number of rotatable bonds is 5. The molecule has 0 spiro atoms. The average Bonchev–Trinajstić information content (AvgIpc) is 2.99. The van der Waals surface area contributed by atoms with Gasteiger partial charge in [0.2, 0.25) is 5.13 Å². The van der Waals surface area contributed by atoms with Gasteiger partial charge in [-0.25, -0.2) is 0 Å². The zero-order valence-electron chi connectivity index (χ0n) is 12.3. The van der Waals surface area contributed by atoms with Gasteiger partial charge in [0.15, 0.2) is 5.01 Å². The van der Waals surface area contributed by atoms with Crippen LogP contribution in [0.25, 0.3) is 10.7 Å². The summed E-state index contributed by atoms with van der Waals surface area (Å²) in [5.74, 6) is 0.887. The van der Waals surface area contributed by atoms with Crippen LogP contribution in [0.3, 0.4) is 0 Å². The maximum Gasteiger partial charge on any atom is 0.206 e. The minimum Gasteiger partial charge on any atom is -0.359 e. The molecule has 1 saturated heterocycles. The molecule has 1 fully saturated rings.